The van der Waals surface area contributed by atoms with Crippen LogP contribution in [0.3, 0.4) is 0 Å². The van der Waals surface area contributed by atoms with Gasteiger partial charge >= 0.3 is 0 Å². The van der Waals surface area contributed by atoms with Gasteiger partial charge in [0, 0.05) is 15.2 Å². The molecule has 0 fully saturated rings. The van der Waals surface area contributed by atoms with Gasteiger partial charge in [-0.3, -0.25) is 0 Å². The van der Waals surface area contributed by atoms with Crippen molar-refractivity contribution < 1.29 is 9.15 Å². The second-order valence-corrected chi connectivity index (χ2v) is 5.96. The van der Waals surface area contributed by atoms with Crippen LogP contribution < -0.4 is 4.74 Å². The van der Waals surface area contributed by atoms with E-state index >= 15 is 0 Å². The molecule has 0 amide bonds. The summed E-state index contributed by atoms with van der Waals surface area (Å²) in [5, 5.41) is 2.15. The standard InChI is InChI=1S/C17H12BrNO2/c1-9-12-8-11(20-2)4-6-15(12)21-17-16(9)13-7-10(18)3-5-14(13)19-17/h3-8H,1-2H3. The average molecular weight is 342 g/mol. The molecule has 0 saturated heterocycles. The first-order valence-electron chi connectivity index (χ1n) is 6.63. The number of aryl methyl sites for hydroxylation is 1. The van der Waals surface area contributed by atoms with Crippen LogP contribution in [0, 0.1) is 6.92 Å². The smallest absolute Gasteiger partial charge is 0.228 e. The van der Waals surface area contributed by atoms with Gasteiger partial charge in [-0.15, -0.1) is 0 Å². The zero-order valence-electron chi connectivity index (χ0n) is 11.6. The zero-order valence-corrected chi connectivity index (χ0v) is 13.2. The van der Waals surface area contributed by atoms with E-state index in [9.17, 15) is 0 Å². The van der Waals surface area contributed by atoms with Gasteiger partial charge in [0.25, 0.3) is 0 Å². The van der Waals surface area contributed by atoms with E-state index in [2.05, 4.69) is 33.9 Å². The summed E-state index contributed by atoms with van der Waals surface area (Å²) < 4.78 is 12.3. The van der Waals surface area contributed by atoms with E-state index in [1.54, 1.807) is 7.11 Å². The molecule has 0 spiro atoms. The van der Waals surface area contributed by atoms with E-state index in [0.717, 1.165) is 43.2 Å². The minimum atomic E-state index is 0.679. The summed E-state index contributed by atoms with van der Waals surface area (Å²) in [7, 11) is 1.67. The molecule has 0 aliphatic carbocycles. The van der Waals surface area contributed by atoms with Crippen molar-refractivity contribution in [2.75, 3.05) is 7.11 Å². The fraction of sp³-hybridized carbons (Fsp3) is 0.118. The molecule has 0 bridgehead atoms. The molecule has 2 aromatic rings. The summed E-state index contributed by atoms with van der Waals surface area (Å²) in [6.45, 7) is 2.10. The number of aromatic nitrogens is 1. The zero-order chi connectivity index (χ0) is 14.6. The number of methoxy groups -OCH3 is 1. The monoisotopic (exact) mass is 341 g/mol. The summed E-state index contributed by atoms with van der Waals surface area (Å²) in [5.74, 6) is 1.50. The van der Waals surface area contributed by atoms with Crippen molar-refractivity contribution in [3.05, 3.63) is 46.4 Å². The molecule has 2 aromatic carbocycles. The van der Waals surface area contributed by atoms with Crippen LogP contribution in [0.15, 0.2) is 45.3 Å². The minimum Gasteiger partial charge on any atom is -0.497 e. The molecule has 2 aliphatic rings. The third-order valence-electron chi connectivity index (χ3n) is 3.84. The number of hydrogen-bond acceptors (Lipinski definition) is 3. The number of halogens is 1. The highest BCUT2D eigenvalue weighted by Crippen LogP contribution is 2.39. The summed E-state index contributed by atoms with van der Waals surface area (Å²) >= 11 is 3.52. The predicted octanol–water partition coefficient (Wildman–Crippen LogP) is 5.17. The molecule has 0 aromatic heterocycles. The molecule has 2 heterocycles. The lowest BCUT2D eigenvalue weighted by Gasteiger charge is -2.09. The van der Waals surface area contributed by atoms with Crippen molar-refractivity contribution in [3.8, 4) is 17.2 Å². The topological polar surface area (TPSA) is 35.3 Å². The van der Waals surface area contributed by atoms with Crippen molar-refractivity contribution in [3.63, 3.8) is 0 Å². The Bertz CT molecular complexity index is 958. The lowest BCUT2D eigenvalue weighted by molar-refractivity contribution is 0.415. The largest absolute Gasteiger partial charge is 0.497 e. The summed E-state index contributed by atoms with van der Waals surface area (Å²) in [6.07, 6.45) is 0. The summed E-state index contributed by atoms with van der Waals surface area (Å²) in [5.41, 5.74) is 3.99. The van der Waals surface area contributed by atoms with Crippen molar-refractivity contribution in [2.24, 2.45) is 0 Å². The maximum Gasteiger partial charge on any atom is 0.228 e. The Morgan fingerprint density at radius 2 is 1.95 bits per heavy atom. The van der Waals surface area contributed by atoms with Crippen molar-refractivity contribution >= 4 is 37.8 Å². The number of fused-ring (bicyclic) bond motifs is 4. The molecule has 21 heavy (non-hydrogen) atoms. The maximum atomic E-state index is 5.97. The second kappa shape index (κ2) is 4.46. The van der Waals surface area contributed by atoms with Crippen LogP contribution in [-0.2, 0) is 0 Å². The van der Waals surface area contributed by atoms with Gasteiger partial charge < -0.3 is 9.15 Å². The number of ether oxygens (including phenoxy) is 1. The van der Waals surface area contributed by atoms with Crippen LogP contribution in [0.1, 0.15) is 5.56 Å². The van der Waals surface area contributed by atoms with Gasteiger partial charge in [-0.05, 0) is 48.9 Å². The number of nitrogens with zero attached hydrogens (tertiary/aromatic N) is 1. The lowest BCUT2D eigenvalue weighted by Crippen LogP contribution is -1.88. The van der Waals surface area contributed by atoms with Crippen LogP contribution in [0.4, 0.5) is 0 Å². The van der Waals surface area contributed by atoms with Crippen molar-refractivity contribution in [2.45, 2.75) is 6.92 Å². The average Bonchev–Trinajstić information content (AvgIpc) is 2.85. The number of benzene rings is 2. The van der Waals surface area contributed by atoms with Gasteiger partial charge in [-0.2, -0.15) is 0 Å². The molecule has 0 radical (unpaired) electrons. The first kappa shape index (κ1) is 12.7. The highest BCUT2D eigenvalue weighted by Gasteiger charge is 2.20. The Balaban J connectivity index is 2.19. The highest BCUT2D eigenvalue weighted by atomic mass is 79.9. The molecule has 4 heteroatoms. The molecular weight excluding hydrogens is 330 g/mol. The molecule has 2 aliphatic heterocycles. The van der Waals surface area contributed by atoms with Crippen molar-refractivity contribution in [1.29, 1.82) is 0 Å². The number of rotatable bonds is 1. The Labute approximate surface area is 130 Å². The van der Waals surface area contributed by atoms with Crippen LogP contribution in [0.25, 0.3) is 33.3 Å². The Hall–Kier alpha value is -2.07. The van der Waals surface area contributed by atoms with Crippen LogP contribution in [0.5, 0.6) is 5.75 Å². The van der Waals surface area contributed by atoms with Gasteiger partial charge in [-0.1, -0.05) is 15.9 Å². The molecular formula is C17H12BrNO2. The fourth-order valence-corrected chi connectivity index (χ4v) is 3.14. The third-order valence-corrected chi connectivity index (χ3v) is 4.33. The quantitative estimate of drug-likeness (QED) is 0.479. The predicted molar refractivity (Wildman–Crippen MR) is 87.1 cm³/mol. The molecule has 0 N–H and O–H groups in total. The Morgan fingerprint density at radius 3 is 2.76 bits per heavy atom. The summed E-state index contributed by atoms with van der Waals surface area (Å²) in [4.78, 5) is 4.59. The van der Waals surface area contributed by atoms with Gasteiger partial charge in [0.1, 0.15) is 11.3 Å². The first-order chi connectivity index (χ1) is 10.2. The molecule has 0 atom stereocenters. The molecule has 0 unspecified atom stereocenters. The van der Waals surface area contributed by atoms with E-state index in [1.165, 1.54) is 0 Å². The fourth-order valence-electron chi connectivity index (χ4n) is 2.78. The van der Waals surface area contributed by atoms with E-state index in [1.807, 2.05) is 30.3 Å². The van der Waals surface area contributed by atoms with E-state index in [0.29, 0.717) is 5.89 Å². The van der Waals surface area contributed by atoms with E-state index in [-0.39, 0.29) is 0 Å². The Morgan fingerprint density at radius 1 is 1.10 bits per heavy atom. The third kappa shape index (κ3) is 1.83. The van der Waals surface area contributed by atoms with Gasteiger partial charge in [0.15, 0.2) is 0 Å². The molecule has 3 nitrogen and oxygen atoms in total. The van der Waals surface area contributed by atoms with Crippen LogP contribution >= 0.6 is 15.9 Å². The maximum absolute atomic E-state index is 5.97. The molecule has 0 saturated carbocycles. The SMILES string of the molecule is COc1ccc2oc3nc4ccc(Br)cc4c-3c(C)c2c1. The molecule has 104 valence electrons. The Kier molecular flexibility index (Phi) is 2.69. The normalized spacial score (nSPS) is 11.6. The van der Waals surface area contributed by atoms with Crippen molar-refractivity contribution in [1.82, 2.24) is 4.98 Å². The first-order valence-corrected chi connectivity index (χ1v) is 7.43. The lowest BCUT2D eigenvalue weighted by atomic mass is 10.0. The second-order valence-electron chi connectivity index (χ2n) is 5.04. The molecule has 4 rings (SSSR count). The van der Waals surface area contributed by atoms with Crippen LogP contribution in [0.2, 0.25) is 0 Å². The van der Waals surface area contributed by atoms with E-state index < -0.39 is 0 Å². The highest BCUT2D eigenvalue weighted by molar-refractivity contribution is 9.10. The van der Waals surface area contributed by atoms with Gasteiger partial charge in [0.2, 0.25) is 5.89 Å². The van der Waals surface area contributed by atoms with Gasteiger partial charge in [-0.25, -0.2) is 4.98 Å². The van der Waals surface area contributed by atoms with Crippen LogP contribution in [-0.4, -0.2) is 12.1 Å². The number of hydrogen-bond donors (Lipinski definition) is 0. The minimum absolute atomic E-state index is 0.679. The van der Waals surface area contributed by atoms with Gasteiger partial charge in [0.05, 0.1) is 18.2 Å². The summed E-state index contributed by atoms with van der Waals surface area (Å²) in [6, 6.07) is 11.9. The van der Waals surface area contributed by atoms with E-state index in [4.69, 9.17) is 9.15 Å².